The fourth-order valence-corrected chi connectivity index (χ4v) is 0.184. The van der Waals surface area contributed by atoms with Crippen molar-refractivity contribution in [1.29, 1.82) is 0 Å². The van der Waals surface area contributed by atoms with Gasteiger partial charge in [0.1, 0.15) is 0 Å². The van der Waals surface area contributed by atoms with Crippen LogP contribution in [0.1, 0.15) is 9.67 Å². The Kier molecular flexibility index (Phi) is 1.58. The molecule has 0 aliphatic rings. The zero-order valence-corrected chi connectivity index (χ0v) is 4.10. The van der Waals surface area contributed by atoms with Gasteiger partial charge >= 0.3 is 5.97 Å². The first-order valence-electron chi connectivity index (χ1n) is 2.98. The van der Waals surface area contributed by atoms with Gasteiger partial charge in [-0.2, -0.15) is 0 Å². The molecule has 2 nitrogen and oxygen atoms in total. The fourth-order valence-electron chi connectivity index (χ4n) is 0.184. The van der Waals surface area contributed by atoms with Crippen molar-refractivity contribution >= 4 is 5.97 Å². The molecule has 0 aromatic carbocycles. The van der Waals surface area contributed by atoms with Crippen molar-refractivity contribution in [2.75, 3.05) is 6.61 Å². The predicted octanol–water partition coefficient (Wildman–Crippen LogP) is 0.736. The molecule has 0 bridgehead atoms. The zero-order valence-electron chi connectivity index (χ0n) is 6.10. The van der Waals surface area contributed by atoms with E-state index in [2.05, 4.69) is 4.74 Å². The molecule has 0 atom stereocenters. The summed E-state index contributed by atoms with van der Waals surface area (Å²) in [5.41, 5.74) is 0. The maximum Gasteiger partial charge on any atom is 0.330 e. The lowest BCUT2D eigenvalue weighted by molar-refractivity contribution is -0.137. The maximum absolute atomic E-state index is 10.3. The van der Waals surface area contributed by atoms with E-state index >= 15 is 0 Å². The van der Waals surface area contributed by atoms with E-state index in [-0.39, 0.29) is 6.61 Å². The van der Waals surface area contributed by atoms with Gasteiger partial charge in [0.25, 0.3) is 0 Å². The molecule has 0 fully saturated rings. The van der Waals surface area contributed by atoms with Crippen LogP contribution in [0.25, 0.3) is 0 Å². The normalized spacial score (nSPS) is 11.0. The standard InChI is InChI=1S/C5H8O2/c1-3-5(6)7-4-2/h3H,1,4H2,2H3/i1D2. The van der Waals surface area contributed by atoms with Crippen molar-refractivity contribution in [1.82, 2.24) is 0 Å². The lowest BCUT2D eigenvalue weighted by Crippen LogP contribution is -1.97. The Morgan fingerprint density at radius 3 is 3.43 bits per heavy atom. The highest BCUT2D eigenvalue weighted by molar-refractivity contribution is 5.81. The minimum absolute atomic E-state index is 0.280. The second kappa shape index (κ2) is 3.40. The summed E-state index contributed by atoms with van der Waals surface area (Å²) in [7, 11) is 0. The van der Waals surface area contributed by atoms with Crippen molar-refractivity contribution in [3.8, 4) is 0 Å². The van der Waals surface area contributed by atoms with E-state index in [1.165, 1.54) is 0 Å². The number of carbonyl (C=O) groups excluding carboxylic acids is 1. The van der Waals surface area contributed by atoms with Gasteiger partial charge in [-0.05, 0) is 6.92 Å². The Hall–Kier alpha value is -0.790. The number of hydrogen-bond donors (Lipinski definition) is 0. The molecule has 0 rings (SSSR count). The summed E-state index contributed by atoms with van der Waals surface area (Å²) in [4.78, 5) is 10.3. The maximum atomic E-state index is 10.3. The highest BCUT2D eigenvalue weighted by atomic mass is 16.5. The summed E-state index contributed by atoms with van der Waals surface area (Å²) in [6, 6.07) is 0. The van der Waals surface area contributed by atoms with E-state index < -0.39 is 12.5 Å². The van der Waals surface area contributed by atoms with Gasteiger partial charge in [0.05, 0.1) is 9.35 Å². The van der Waals surface area contributed by atoms with Crippen molar-refractivity contribution < 1.29 is 12.3 Å². The molecule has 0 radical (unpaired) electrons. The van der Waals surface area contributed by atoms with Gasteiger partial charge in [-0.3, -0.25) is 0 Å². The van der Waals surface area contributed by atoms with Crippen LogP contribution in [-0.4, -0.2) is 12.6 Å². The third-order valence-corrected chi connectivity index (χ3v) is 0.404. The van der Waals surface area contributed by atoms with Crippen molar-refractivity contribution in [2.45, 2.75) is 6.92 Å². The van der Waals surface area contributed by atoms with Gasteiger partial charge in [-0.15, -0.1) is 0 Å². The highest BCUT2D eigenvalue weighted by Crippen LogP contribution is 1.74. The van der Waals surface area contributed by atoms with Gasteiger partial charge < -0.3 is 4.74 Å². The Morgan fingerprint density at radius 1 is 2.29 bits per heavy atom. The largest absolute Gasteiger partial charge is 0.463 e. The van der Waals surface area contributed by atoms with Gasteiger partial charge in [-0.25, -0.2) is 4.79 Å². The summed E-state index contributed by atoms with van der Waals surface area (Å²) in [6.07, 6.45) is 0.809. The van der Waals surface area contributed by atoms with Crippen molar-refractivity contribution in [3.63, 3.8) is 0 Å². The summed E-state index contributed by atoms with van der Waals surface area (Å²) < 4.78 is 17.4. The van der Waals surface area contributed by atoms with Crippen LogP contribution >= 0.6 is 0 Å². The molecule has 0 aromatic heterocycles. The zero-order chi connectivity index (χ0) is 7.28. The molecular weight excluding hydrogens is 92.1 g/mol. The first-order valence-corrected chi connectivity index (χ1v) is 1.98. The van der Waals surface area contributed by atoms with E-state index in [9.17, 15) is 4.79 Å². The molecule has 0 heterocycles. The first kappa shape index (κ1) is 3.24. The van der Waals surface area contributed by atoms with E-state index in [0.29, 0.717) is 0 Å². The average Bonchev–Trinajstić information content (AvgIpc) is 1.63. The van der Waals surface area contributed by atoms with Gasteiger partial charge in [0.15, 0.2) is 0 Å². The lowest BCUT2D eigenvalue weighted by atomic mass is 10.6. The van der Waals surface area contributed by atoms with Crippen LogP contribution < -0.4 is 0 Å². The van der Waals surface area contributed by atoms with Crippen molar-refractivity contribution in [3.05, 3.63) is 12.6 Å². The molecule has 2 heteroatoms. The second-order valence-electron chi connectivity index (χ2n) is 0.896. The van der Waals surface area contributed by atoms with Crippen molar-refractivity contribution in [2.24, 2.45) is 0 Å². The van der Waals surface area contributed by atoms with Gasteiger partial charge in [0, 0.05) is 6.08 Å². The van der Waals surface area contributed by atoms with Crippen LogP contribution in [0.4, 0.5) is 0 Å². The lowest BCUT2D eigenvalue weighted by Gasteiger charge is -1.90. The van der Waals surface area contributed by atoms with Gasteiger partial charge in [-0.1, -0.05) is 6.53 Å². The minimum Gasteiger partial charge on any atom is -0.463 e. The number of esters is 1. The van der Waals surface area contributed by atoms with Crippen LogP contribution in [0.15, 0.2) is 12.6 Å². The van der Waals surface area contributed by atoms with Crippen LogP contribution in [0, 0.1) is 0 Å². The third-order valence-electron chi connectivity index (χ3n) is 0.404. The Bertz CT molecular complexity index is 127. The molecule has 0 unspecified atom stereocenters. The van der Waals surface area contributed by atoms with E-state index in [0.717, 1.165) is 6.08 Å². The molecule has 0 saturated carbocycles. The molecule has 0 spiro atoms. The summed E-state index contributed by atoms with van der Waals surface area (Å²) >= 11 is 0. The monoisotopic (exact) mass is 102 g/mol. The summed E-state index contributed by atoms with van der Waals surface area (Å²) in [5, 5.41) is 0. The highest BCUT2D eigenvalue weighted by Gasteiger charge is 1.86. The molecule has 0 aromatic rings. The average molecular weight is 102 g/mol. The summed E-state index contributed by atoms with van der Waals surface area (Å²) in [6.45, 7) is 1.41. The molecule has 40 valence electrons. The number of carbonyl (C=O) groups is 1. The molecular formula is C5H8O2. The Labute approximate surface area is 45.6 Å². The summed E-state index contributed by atoms with van der Waals surface area (Å²) in [5.74, 6) is -0.627. The molecule has 0 saturated heterocycles. The predicted molar refractivity (Wildman–Crippen MR) is 26.8 cm³/mol. The quantitative estimate of drug-likeness (QED) is 0.379. The second-order valence-corrected chi connectivity index (χ2v) is 0.896. The first-order chi connectivity index (χ1) is 4.16. The molecule has 0 aliphatic heterocycles. The third kappa shape index (κ3) is 3.03. The smallest absolute Gasteiger partial charge is 0.330 e. The van der Waals surface area contributed by atoms with E-state index in [1.54, 1.807) is 6.92 Å². The van der Waals surface area contributed by atoms with Gasteiger partial charge in [0.2, 0.25) is 0 Å². The Balaban J connectivity index is 3.63. The van der Waals surface area contributed by atoms with E-state index in [1.807, 2.05) is 0 Å². The fraction of sp³-hybridized carbons (Fsp3) is 0.400. The molecule has 0 N–H and O–H groups in total. The number of hydrogen-bond acceptors (Lipinski definition) is 2. The van der Waals surface area contributed by atoms with E-state index in [4.69, 9.17) is 2.74 Å². The Morgan fingerprint density at radius 2 is 3.00 bits per heavy atom. The minimum atomic E-state index is -0.627. The number of ether oxygens (including phenoxy) is 1. The van der Waals surface area contributed by atoms with Crippen LogP contribution in [0.2, 0.25) is 0 Å². The molecule has 7 heavy (non-hydrogen) atoms. The molecule has 0 amide bonds. The van der Waals surface area contributed by atoms with Crippen LogP contribution in [0.5, 0.6) is 0 Å². The molecule has 0 aliphatic carbocycles. The number of rotatable bonds is 2. The van der Waals surface area contributed by atoms with Crippen LogP contribution in [-0.2, 0) is 9.53 Å². The topological polar surface area (TPSA) is 26.3 Å². The van der Waals surface area contributed by atoms with Crippen LogP contribution in [0.3, 0.4) is 0 Å². The SMILES string of the molecule is [2H]C([2H])=CC(=O)OCC.